The van der Waals surface area contributed by atoms with Crippen LogP contribution in [0.15, 0.2) is 10.6 Å². The molecule has 1 aliphatic carbocycles. The number of carboxylic acid groups (broad SMARTS) is 1. The zero-order valence-corrected chi connectivity index (χ0v) is 11.4. The van der Waals surface area contributed by atoms with Gasteiger partial charge in [0.15, 0.2) is 5.69 Å². The summed E-state index contributed by atoms with van der Waals surface area (Å²) < 4.78 is 4.93. The number of aryl methyl sites for hydroxylation is 1. The maximum Gasteiger partial charge on any atom is 0.326 e. The summed E-state index contributed by atoms with van der Waals surface area (Å²) in [6.45, 7) is 1.71. The van der Waals surface area contributed by atoms with E-state index in [-0.39, 0.29) is 17.6 Å². The van der Waals surface area contributed by atoms with E-state index in [9.17, 15) is 14.7 Å². The molecule has 20 heavy (non-hydrogen) atoms. The van der Waals surface area contributed by atoms with Crippen LogP contribution in [0.2, 0.25) is 0 Å². The quantitative estimate of drug-likeness (QED) is 0.892. The number of carbonyl (C=O) groups is 2. The van der Waals surface area contributed by atoms with Gasteiger partial charge in [-0.05, 0) is 32.1 Å². The molecule has 0 aromatic carbocycles. The average Bonchev–Trinajstić information content (AvgIpc) is 3.01. The van der Waals surface area contributed by atoms with Crippen molar-refractivity contribution in [2.45, 2.75) is 51.1 Å². The van der Waals surface area contributed by atoms with Crippen LogP contribution < -0.4 is 0 Å². The number of aromatic nitrogens is 1. The third-order valence-corrected chi connectivity index (χ3v) is 4.45. The molecule has 6 heteroatoms. The molecule has 2 fully saturated rings. The van der Waals surface area contributed by atoms with Crippen molar-refractivity contribution in [1.82, 2.24) is 10.1 Å². The van der Waals surface area contributed by atoms with Crippen molar-refractivity contribution in [2.75, 3.05) is 0 Å². The number of hydrogen-bond donors (Lipinski definition) is 1. The van der Waals surface area contributed by atoms with E-state index in [0.717, 1.165) is 25.7 Å². The predicted molar refractivity (Wildman–Crippen MR) is 69.2 cm³/mol. The largest absolute Gasteiger partial charge is 0.480 e. The molecule has 2 heterocycles. The summed E-state index contributed by atoms with van der Waals surface area (Å²) in [4.78, 5) is 25.6. The number of hydrogen-bond acceptors (Lipinski definition) is 4. The Morgan fingerprint density at radius 2 is 2.15 bits per heavy atom. The second kappa shape index (κ2) is 4.92. The van der Waals surface area contributed by atoms with Crippen LogP contribution in [-0.2, 0) is 4.79 Å². The highest BCUT2D eigenvalue weighted by Gasteiger charge is 2.48. The minimum absolute atomic E-state index is 0.0364. The number of amides is 1. The molecule has 2 aliphatic rings. The third kappa shape index (κ3) is 2.09. The van der Waals surface area contributed by atoms with Crippen LogP contribution in [0.25, 0.3) is 0 Å². The van der Waals surface area contributed by atoms with Crippen LogP contribution >= 0.6 is 0 Å². The topological polar surface area (TPSA) is 83.6 Å². The lowest BCUT2D eigenvalue weighted by Crippen LogP contribution is -2.46. The summed E-state index contributed by atoms with van der Waals surface area (Å²) in [6.07, 6.45) is 4.63. The first-order valence-corrected chi connectivity index (χ1v) is 7.06. The lowest BCUT2D eigenvalue weighted by molar-refractivity contribution is -0.141. The molecular weight excluding hydrogens is 260 g/mol. The molecular formula is C14H18N2O4. The summed E-state index contributed by atoms with van der Waals surface area (Å²) in [5.41, 5.74) is 0.208. The van der Waals surface area contributed by atoms with Crippen molar-refractivity contribution >= 4 is 11.9 Å². The van der Waals surface area contributed by atoms with Crippen LogP contribution in [0, 0.1) is 12.8 Å². The molecule has 3 atom stereocenters. The van der Waals surface area contributed by atoms with Crippen LogP contribution in [-0.4, -0.2) is 39.1 Å². The molecule has 0 unspecified atom stereocenters. The van der Waals surface area contributed by atoms with Gasteiger partial charge in [0.25, 0.3) is 5.91 Å². The molecule has 1 amide bonds. The fraction of sp³-hybridized carbons (Fsp3) is 0.643. The number of carbonyl (C=O) groups excluding carboxylic acids is 1. The minimum Gasteiger partial charge on any atom is -0.480 e. The monoisotopic (exact) mass is 278 g/mol. The van der Waals surface area contributed by atoms with E-state index in [1.54, 1.807) is 13.0 Å². The molecule has 1 saturated carbocycles. The van der Waals surface area contributed by atoms with Gasteiger partial charge < -0.3 is 14.5 Å². The molecule has 0 radical (unpaired) electrons. The molecule has 1 aromatic rings. The van der Waals surface area contributed by atoms with Crippen molar-refractivity contribution in [3.63, 3.8) is 0 Å². The maximum atomic E-state index is 12.6. The maximum absolute atomic E-state index is 12.6. The van der Waals surface area contributed by atoms with E-state index < -0.39 is 12.0 Å². The van der Waals surface area contributed by atoms with E-state index in [1.807, 2.05) is 0 Å². The fourth-order valence-electron chi connectivity index (χ4n) is 3.57. The SMILES string of the molecule is Cc1cc(C(=O)N2[C@H](C(=O)O)C[C@@H]3CCCC[C@@H]32)no1. The highest BCUT2D eigenvalue weighted by Crippen LogP contribution is 2.40. The van der Waals surface area contributed by atoms with Gasteiger partial charge in [-0.3, -0.25) is 4.79 Å². The first kappa shape index (κ1) is 13.1. The number of nitrogens with zero attached hydrogens (tertiary/aromatic N) is 2. The van der Waals surface area contributed by atoms with Crippen LogP contribution in [0.3, 0.4) is 0 Å². The van der Waals surface area contributed by atoms with Gasteiger partial charge in [-0.1, -0.05) is 18.0 Å². The van der Waals surface area contributed by atoms with Crippen LogP contribution in [0.5, 0.6) is 0 Å². The molecule has 1 aliphatic heterocycles. The van der Waals surface area contributed by atoms with E-state index >= 15 is 0 Å². The average molecular weight is 278 g/mol. The Labute approximate surface area is 116 Å². The summed E-state index contributed by atoms with van der Waals surface area (Å²) in [6, 6.07) is 0.874. The Bertz CT molecular complexity index is 539. The minimum atomic E-state index is -0.923. The molecule has 3 rings (SSSR count). The zero-order valence-electron chi connectivity index (χ0n) is 11.4. The van der Waals surface area contributed by atoms with E-state index in [0.29, 0.717) is 18.1 Å². The third-order valence-electron chi connectivity index (χ3n) is 4.45. The first-order valence-electron chi connectivity index (χ1n) is 7.06. The predicted octanol–water partition coefficient (Wildman–Crippen LogP) is 1.84. The molecule has 0 bridgehead atoms. The summed E-state index contributed by atoms with van der Waals surface area (Å²) >= 11 is 0. The lowest BCUT2D eigenvalue weighted by Gasteiger charge is -2.32. The summed E-state index contributed by atoms with van der Waals surface area (Å²) in [5, 5.41) is 13.1. The number of carboxylic acids is 1. The normalized spacial score (nSPS) is 29.2. The molecule has 0 spiro atoms. The van der Waals surface area contributed by atoms with E-state index in [1.165, 1.54) is 4.90 Å². The van der Waals surface area contributed by atoms with Crippen molar-refractivity contribution < 1.29 is 19.2 Å². The Hall–Kier alpha value is -1.85. The molecule has 1 aromatic heterocycles. The Kier molecular flexibility index (Phi) is 3.23. The van der Waals surface area contributed by atoms with Crippen molar-refractivity contribution in [3.8, 4) is 0 Å². The van der Waals surface area contributed by atoms with Gasteiger partial charge in [0, 0.05) is 12.1 Å². The standard InChI is InChI=1S/C14H18N2O4/c1-8-6-10(15-20-8)13(17)16-11-5-3-2-4-9(11)7-12(16)14(18)19/h6,9,11-12H,2-5,7H2,1H3,(H,18,19)/t9-,11-,12-/m0/s1. The number of rotatable bonds is 2. The van der Waals surface area contributed by atoms with E-state index in [4.69, 9.17) is 4.52 Å². The smallest absolute Gasteiger partial charge is 0.326 e. The van der Waals surface area contributed by atoms with E-state index in [2.05, 4.69) is 5.16 Å². The number of aliphatic carboxylic acids is 1. The second-order valence-electron chi connectivity index (χ2n) is 5.74. The molecule has 1 N–H and O–H groups in total. The Morgan fingerprint density at radius 1 is 1.40 bits per heavy atom. The molecule has 108 valence electrons. The van der Waals surface area contributed by atoms with Gasteiger partial charge >= 0.3 is 5.97 Å². The van der Waals surface area contributed by atoms with Crippen molar-refractivity contribution in [2.24, 2.45) is 5.92 Å². The Balaban J connectivity index is 1.90. The van der Waals surface area contributed by atoms with Gasteiger partial charge in [-0.15, -0.1) is 0 Å². The zero-order chi connectivity index (χ0) is 14.3. The number of fused-ring (bicyclic) bond motifs is 1. The highest BCUT2D eigenvalue weighted by molar-refractivity contribution is 5.95. The number of likely N-dealkylation sites (tertiary alicyclic amines) is 1. The van der Waals surface area contributed by atoms with Gasteiger partial charge in [0.05, 0.1) is 0 Å². The van der Waals surface area contributed by atoms with Crippen molar-refractivity contribution in [3.05, 3.63) is 17.5 Å². The summed E-state index contributed by atoms with van der Waals surface area (Å²) in [5.74, 6) is -0.377. The fourth-order valence-corrected chi connectivity index (χ4v) is 3.57. The first-order chi connectivity index (χ1) is 9.58. The highest BCUT2D eigenvalue weighted by atomic mass is 16.5. The van der Waals surface area contributed by atoms with Gasteiger partial charge in [-0.2, -0.15) is 0 Å². The van der Waals surface area contributed by atoms with Crippen LogP contribution in [0.4, 0.5) is 0 Å². The van der Waals surface area contributed by atoms with Crippen molar-refractivity contribution in [1.29, 1.82) is 0 Å². The Morgan fingerprint density at radius 3 is 2.80 bits per heavy atom. The van der Waals surface area contributed by atoms with Gasteiger partial charge in [0.2, 0.25) is 0 Å². The lowest BCUT2D eigenvalue weighted by atomic mass is 9.84. The summed E-state index contributed by atoms with van der Waals surface area (Å²) in [7, 11) is 0. The molecule has 1 saturated heterocycles. The second-order valence-corrected chi connectivity index (χ2v) is 5.74. The van der Waals surface area contributed by atoms with Gasteiger partial charge in [-0.25, -0.2) is 4.79 Å². The van der Waals surface area contributed by atoms with Crippen LogP contribution in [0.1, 0.15) is 48.4 Å². The van der Waals surface area contributed by atoms with Gasteiger partial charge in [0.1, 0.15) is 11.8 Å². The molecule has 6 nitrogen and oxygen atoms in total.